The fourth-order valence-electron chi connectivity index (χ4n) is 2.22. The zero-order valence-electron chi connectivity index (χ0n) is 12.5. The van der Waals surface area contributed by atoms with Crippen LogP contribution < -0.4 is 5.32 Å². The first kappa shape index (κ1) is 18.8. The van der Waals surface area contributed by atoms with E-state index in [0.717, 1.165) is 0 Å². The van der Waals surface area contributed by atoms with E-state index in [1.165, 1.54) is 6.08 Å². The molecular weight excluding hydrogens is 377 g/mol. The van der Waals surface area contributed by atoms with Crippen LogP contribution in [0.1, 0.15) is 33.6 Å². The summed E-state index contributed by atoms with van der Waals surface area (Å²) in [5.74, 6) is -0.348. The summed E-state index contributed by atoms with van der Waals surface area (Å²) in [6.45, 7) is -0.0996. The fourth-order valence-corrected chi connectivity index (χ4v) is 2.39. The number of nitrogens with one attached hydrogen (secondary N) is 1. The van der Waals surface area contributed by atoms with Gasteiger partial charge in [-0.25, -0.2) is 4.79 Å². The lowest BCUT2D eigenvalue weighted by molar-refractivity contribution is 0.0981. The fraction of sp³-hybridized carbons (Fsp3) is 0.312. The third kappa shape index (κ3) is 5.23. The molecule has 0 atom stereocenters. The molecule has 1 N–H and O–H groups in total. The Bertz CT molecular complexity index is 695. The monoisotopic (exact) mass is 389 g/mol. The number of allylic oxidation sites excluding steroid dienone is 2. The molecule has 8 heteroatoms. The van der Waals surface area contributed by atoms with Crippen LogP contribution in [0.2, 0.25) is 0 Å². The Morgan fingerprint density at radius 3 is 2.46 bits per heavy atom. The summed E-state index contributed by atoms with van der Waals surface area (Å²) in [6, 6.07) is 6.70. The molecule has 1 aromatic rings. The van der Waals surface area contributed by atoms with Crippen LogP contribution in [0.4, 0.5) is 4.79 Å². The average molecular weight is 391 g/mol. The summed E-state index contributed by atoms with van der Waals surface area (Å²) >= 11 is 16.4. The van der Waals surface area contributed by atoms with Crippen LogP contribution in [0.5, 0.6) is 0 Å². The highest BCUT2D eigenvalue weighted by Crippen LogP contribution is 2.26. The molecule has 24 heavy (non-hydrogen) atoms. The van der Waals surface area contributed by atoms with E-state index in [4.69, 9.17) is 39.5 Å². The van der Waals surface area contributed by atoms with Crippen LogP contribution >= 0.6 is 34.8 Å². The van der Waals surface area contributed by atoms with Gasteiger partial charge in [-0.3, -0.25) is 9.59 Å². The van der Waals surface area contributed by atoms with Gasteiger partial charge < -0.3 is 10.1 Å². The highest BCUT2D eigenvalue weighted by atomic mass is 35.6. The minimum Gasteiger partial charge on any atom is -0.445 e. The molecular formula is C16H14Cl3NO4. The molecule has 0 radical (unpaired) electrons. The summed E-state index contributed by atoms with van der Waals surface area (Å²) in [7, 11) is 0. The standard InChI is InChI=1S/C16H14Cl3NO4/c17-16(18,19)9-24-15(23)20-7-3-4-10-8-13(21)11-5-1-2-6-12(11)14(10)22/h1-2,5-6,8H,3-4,7,9H2,(H,20,23). The summed E-state index contributed by atoms with van der Waals surface area (Å²) in [5.41, 5.74) is 1.25. The van der Waals surface area contributed by atoms with Crippen molar-refractivity contribution in [3.8, 4) is 0 Å². The van der Waals surface area contributed by atoms with Crippen molar-refractivity contribution in [2.45, 2.75) is 16.6 Å². The van der Waals surface area contributed by atoms with Gasteiger partial charge in [-0.05, 0) is 18.9 Å². The molecule has 1 amide bonds. The summed E-state index contributed by atoms with van der Waals surface area (Å²) < 4.78 is 3.04. The van der Waals surface area contributed by atoms with E-state index >= 15 is 0 Å². The predicted molar refractivity (Wildman–Crippen MR) is 92.1 cm³/mol. The second-order valence-corrected chi connectivity index (χ2v) is 7.65. The first-order valence-electron chi connectivity index (χ1n) is 7.14. The Morgan fingerprint density at radius 1 is 1.12 bits per heavy atom. The number of benzene rings is 1. The molecule has 0 unspecified atom stereocenters. The maximum atomic E-state index is 12.3. The third-order valence-corrected chi connectivity index (χ3v) is 3.62. The number of ketones is 2. The summed E-state index contributed by atoms with van der Waals surface area (Å²) in [4.78, 5) is 35.7. The topological polar surface area (TPSA) is 72.5 Å². The average Bonchev–Trinajstić information content (AvgIpc) is 2.53. The molecule has 1 aliphatic carbocycles. The quantitative estimate of drug-likeness (QED) is 0.612. The van der Waals surface area contributed by atoms with Gasteiger partial charge in [0.15, 0.2) is 11.6 Å². The molecule has 0 heterocycles. The Hall–Kier alpha value is -1.56. The van der Waals surface area contributed by atoms with Gasteiger partial charge in [0.25, 0.3) is 0 Å². The first-order chi connectivity index (χ1) is 11.3. The lowest BCUT2D eigenvalue weighted by Gasteiger charge is -2.15. The van der Waals surface area contributed by atoms with Crippen LogP contribution in [0.3, 0.4) is 0 Å². The molecule has 0 saturated heterocycles. The van der Waals surface area contributed by atoms with Crippen molar-refractivity contribution in [3.05, 3.63) is 47.0 Å². The van der Waals surface area contributed by atoms with Gasteiger partial charge in [-0.1, -0.05) is 59.1 Å². The number of ether oxygens (including phenoxy) is 1. The van der Waals surface area contributed by atoms with Crippen LogP contribution in [0.25, 0.3) is 0 Å². The minimum atomic E-state index is -1.66. The van der Waals surface area contributed by atoms with Gasteiger partial charge in [0, 0.05) is 23.2 Å². The van der Waals surface area contributed by atoms with Gasteiger partial charge in [0.05, 0.1) is 0 Å². The number of fused-ring (bicyclic) bond motifs is 1. The molecule has 1 aromatic carbocycles. The van der Waals surface area contributed by atoms with Crippen LogP contribution in [0, 0.1) is 0 Å². The second kappa shape index (κ2) is 8.01. The molecule has 1 aliphatic rings. The van der Waals surface area contributed by atoms with E-state index in [1.807, 2.05) is 0 Å². The van der Waals surface area contributed by atoms with E-state index in [0.29, 0.717) is 29.5 Å². The van der Waals surface area contributed by atoms with Crippen molar-refractivity contribution in [2.24, 2.45) is 0 Å². The molecule has 0 aromatic heterocycles. The molecule has 2 rings (SSSR count). The number of rotatable bonds is 5. The van der Waals surface area contributed by atoms with E-state index in [-0.39, 0.29) is 24.7 Å². The van der Waals surface area contributed by atoms with Crippen LogP contribution in [-0.4, -0.2) is 34.6 Å². The van der Waals surface area contributed by atoms with Crippen molar-refractivity contribution < 1.29 is 19.1 Å². The number of alkyl halides is 3. The van der Waals surface area contributed by atoms with Crippen molar-refractivity contribution >= 4 is 52.5 Å². The lowest BCUT2D eigenvalue weighted by Crippen LogP contribution is -2.29. The molecule has 0 saturated carbocycles. The number of halogens is 3. The Balaban J connectivity index is 1.80. The summed E-state index contributed by atoms with van der Waals surface area (Å²) in [6.07, 6.45) is 1.47. The Kier molecular flexibility index (Phi) is 6.27. The molecule has 0 fully saturated rings. The van der Waals surface area contributed by atoms with Crippen LogP contribution in [-0.2, 0) is 4.74 Å². The molecule has 5 nitrogen and oxygen atoms in total. The third-order valence-electron chi connectivity index (χ3n) is 3.29. The van der Waals surface area contributed by atoms with E-state index < -0.39 is 9.89 Å². The van der Waals surface area contributed by atoms with Crippen molar-refractivity contribution in [2.75, 3.05) is 13.2 Å². The zero-order valence-corrected chi connectivity index (χ0v) is 14.7. The lowest BCUT2D eigenvalue weighted by atomic mass is 9.88. The van der Waals surface area contributed by atoms with Gasteiger partial charge in [-0.15, -0.1) is 0 Å². The Labute approximate surface area is 153 Å². The number of carbonyl (C=O) groups is 3. The molecule has 0 bridgehead atoms. The van der Waals surface area contributed by atoms with Crippen molar-refractivity contribution in [1.29, 1.82) is 0 Å². The molecule has 128 valence electrons. The maximum absolute atomic E-state index is 12.3. The van der Waals surface area contributed by atoms with E-state index in [2.05, 4.69) is 5.32 Å². The number of carbonyl (C=O) groups excluding carboxylic acids is 3. The highest BCUT2D eigenvalue weighted by Gasteiger charge is 2.24. The maximum Gasteiger partial charge on any atom is 0.407 e. The summed E-state index contributed by atoms with van der Waals surface area (Å²) in [5, 5.41) is 2.48. The SMILES string of the molecule is O=C(NCCCC1=CC(=O)c2ccccc2C1=O)OCC(Cl)(Cl)Cl. The van der Waals surface area contributed by atoms with Crippen molar-refractivity contribution in [1.82, 2.24) is 5.32 Å². The minimum absolute atomic E-state index is 0.163. The first-order valence-corrected chi connectivity index (χ1v) is 8.27. The van der Waals surface area contributed by atoms with Gasteiger partial charge in [-0.2, -0.15) is 0 Å². The number of Topliss-reactive ketones (excluding diaryl/α,β-unsaturated/α-hetero) is 1. The number of alkyl carbamates (subject to hydrolysis) is 1. The van der Waals surface area contributed by atoms with Gasteiger partial charge in [0.1, 0.15) is 6.61 Å². The highest BCUT2D eigenvalue weighted by molar-refractivity contribution is 6.67. The normalized spacial score (nSPS) is 14.0. The predicted octanol–water partition coefficient (Wildman–Crippen LogP) is 3.87. The molecule has 0 aliphatic heterocycles. The van der Waals surface area contributed by atoms with E-state index in [9.17, 15) is 14.4 Å². The van der Waals surface area contributed by atoms with E-state index in [1.54, 1.807) is 24.3 Å². The second-order valence-electron chi connectivity index (χ2n) is 5.13. The van der Waals surface area contributed by atoms with Gasteiger partial charge >= 0.3 is 6.09 Å². The zero-order chi connectivity index (χ0) is 17.7. The van der Waals surface area contributed by atoms with Gasteiger partial charge in [0.2, 0.25) is 3.79 Å². The molecule has 0 spiro atoms. The number of amides is 1. The number of hydrogen-bond acceptors (Lipinski definition) is 4. The van der Waals surface area contributed by atoms with Crippen molar-refractivity contribution in [3.63, 3.8) is 0 Å². The van der Waals surface area contributed by atoms with Crippen LogP contribution in [0.15, 0.2) is 35.9 Å². The Morgan fingerprint density at radius 2 is 1.79 bits per heavy atom. The smallest absolute Gasteiger partial charge is 0.407 e. The largest absolute Gasteiger partial charge is 0.445 e. The number of hydrogen-bond donors (Lipinski definition) is 1.